The third kappa shape index (κ3) is 4.54. The van der Waals surface area contributed by atoms with Crippen LogP contribution in [0.15, 0.2) is 94.7 Å². The Hall–Kier alpha value is -4.18. The van der Waals surface area contributed by atoms with E-state index in [-0.39, 0.29) is 36.0 Å². The van der Waals surface area contributed by atoms with Gasteiger partial charge in [-0.1, -0.05) is 60.7 Å². The maximum Gasteiger partial charge on any atom is 0.416 e. The number of carbonyl (C=O) groups is 1. The highest BCUT2D eigenvalue weighted by Crippen LogP contribution is 2.46. The van der Waals surface area contributed by atoms with Crippen molar-refractivity contribution in [2.75, 3.05) is 11.7 Å². The van der Waals surface area contributed by atoms with Gasteiger partial charge in [0.25, 0.3) is 5.91 Å². The number of hydrogen-bond donors (Lipinski definition) is 1. The molecule has 3 aromatic carbocycles. The first-order chi connectivity index (χ1) is 18.8. The fraction of sp³-hybridized carbons (Fsp3) is 0.172. The first-order valence-corrected chi connectivity index (χ1v) is 13.2. The summed E-state index contributed by atoms with van der Waals surface area (Å²) in [7, 11) is 0. The third-order valence-electron chi connectivity index (χ3n) is 6.85. The largest absolute Gasteiger partial charge is 0.482 e. The Morgan fingerprint density at radius 2 is 1.67 bits per heavy atom. The summed E-state index contributed by atoms with van der Waals surface area (Å²) in [5.41, 5.74) is 1.13. The second kappa shape index (κ2) is 9.85. The molecular weight excluding hydrogens is 527 g/mol. The third-order valence-corrected chi connectivity index (χ3v) is 7.97. The van der Waals surface area contributed by atoms with Gasteiger partial charge in [0.05, 0.1) is 11.6 Å². The van der Waals surface area contributed by atoms with Crippen LogP contribution in [0.1, 0.15) is 44.3 Å². The molecule has 1 amide bonds. The van der Waals surface area contributed by atoms with Crippen molar-refractivity contribution in [2.45, 2.75) is 29.5 Å². The smallest absolute Gasteiger partial charge is 0.416 e. The number of pyridine rings is 1. The van der Waals surface area contributed by atoms with E-state index >= 15 is 0 Å². The summed E-state index contributed by atoms with van der Waals surface area (Å²) in [5.74, 6) is -0.488. The maximum atomic E-state index is 14.1. The van der Waals surface area contributed by atoms with Gasteiger partial charge in [0.2, 0.25) is 5.43 Å². The van der Waals surface area contributed by atoms with Crippen molar-refractivity contribution < 1.29 is 22.7 Å². The number of fused-ring (bicyclic) bond motifs is 3. The minimum absolute atomic E-state index is 0.00613. The van der Waals surface area contributed by atoms with Crippen LogP contribution in [0, 0.1) is 0 Å². The van der Waals surface area contributed by atoms with E-state index in [2.05, 4.69) is 5.32 Å². The van der Waals surface area contributed by atoms with Gasteiger partial charge in [0.1, 0.15) is 13.3 Å². The number of aromatic nitrogens is 1. The van der Waals surface area contributed by atoms with Crippen LogP contribution < -0.4 is 20.5 Å². The van der Waals surface area contributed by atoms with Gasteiger partial charge in [0, 0.05) is 22.9 Å². The molecule has 0 saturated carbocycles. The zero-order chi connectivity index (χ0) is 27.1. The number of nitrogens with one attached hydrogen (secondary N) is 1. The molecule has 1 atom stereocenters. The molecule has 6 rings (SSSR count). The number of nitrogens with zero attached hydrogens (tertiary/aromatic N) is 2. The lowest BCUT2D eigenvalue weighted by molar-refractivity contribution is -0.138. The van der Waals surface area contributed by atoms with Gasteiger partial charge >= 0.3 is 6.18 Å². The molecular formula is C29H22F3N3O3S. The van der Waals surface area contributed by atoms with Crippen LogP contribution in [-0.2, 0) is 18.5 Å². The molecule has 0 fully saturated rings. The Labute approximate surface area is 226 Å². The maximum absolute atomic E-state index is 14.1. The second-order valence-corrected chi connectivity index (χ2v) is 10.2. The van der Waals surface area contributed by atoms with E-state index < -0.39 is 29.1 Å². The van der Waals surface area contributed by atoms with Crippen molar-refractivity contribution >= 4 is 17.7 Å². The summed E-state index contributed by atoms with van der Waals surface area (Å²) >= 11 is 1.35. The lowest BCUT2D eigenvalue weighted by atomic mass is 9.91. The first-order valence-electron chi connectivity index (χ1n) is 12.2. The van der Waals surface area contributed by atoms with Crippen LogP contribution in [0.5, 0.6) is 5.75 Å². The first kappa shape index (κ1) is 25.1. The fourth-order valence-corrected chi connectivity index (χ4v) is 6.24. The van der Waals surface area contributed by atoms with E-state index in [1.165, 1.54) is 34.8 Å². The quantitative estimate of drug-likeness (QED) is 0.365. The molecule has 0 unspecified atom stereocenters. The molecule has 1 aromatic heterocycles. The van der Waals surface area contributed by atoms with Crippen LogP contribution >= 0.6 is 11.8 Å². The molecule has 198 valence electrons. The lowest BCUT2D eigenvalue weighted by Crippen LogP contribution is -2.54. The van der Waals surface area contributed by atoms with Gasteiger partial charge in [-0.2, -0.15) is 13.2 Å². The predicted octanol–water partition coefficient (Wildman–Crippen LogP) is 5.48. The molecule has 0 saturated heterocycles. The molecule has 0 bridgehead atoms. The standard InChI is InChI=1S/C29H22F3N3O3S/c30-29(31,32)22-11-6-10-19-21(22)16-39-24-12-5-4-9-20(24)25(19)35-17-33-28(37)26-27(23(36)13-14-34(26)35)38-15-18-7-2-1-3-8-18/h1-14,25H,15-17H2,(H,33,37)/t25-/m0/s1. The Bertz CT molecular complexity index is 1620. The Morgan fingerprint density at radius 3 is 2.46 bits per heavy atom. The number of thioether (sulfide) groups is 1. The van der Waals surface area contributed by atoms with Crippen LogP contribution in [-0.4, -0.2) is 17.3 Å². The monoisotopic (exact) mass is 549 g/mol. The number of amides is 1. The van der Waals surface area contributed by atoms with E-state index in [0.717, 1.165) is 22.1 Å². The van der Waals surface area contributed by atoms with Gasteiger partial charge in [0.15, 0.2) is 11.4 Å². The zero-order valence-electron chi connectivity index (χ0n) is 20.4. The van der Waals surface area contributed by atoms with E-state index in [4.69, 9.17) is 4.74 Å². The summed E-state index contributed by atoms with van der Waals surface area (Å²) in [6.45, 7) is 0.0766. The molecule has 3 heterocycles. The van der Waals surface area contributed by atoms with Crippen molar-refractivity contribution in [3.05, 3.63) is 129 Å². The van der Waals surface area contributed by atoms with Gasteiger partial charge in [-0.15, -0.1) is 11.8 Å². The zero-order valence-corrected chi connectivity index (χ0v) is 21.3. The molecule has 2 aliphatic rings. The van der Waals surface area contributed by atoms with E-state index in [1.54, 1.807) is 11.1 Å². The number of halogens is 3. The average Bonchev–Trinajstić information content (AvgIpc) is 3.10. The molecule has 39 heavy (non-hydrogen) atoms. The lowest BCUT2D eigenvalue weighted by Gasteiger charge is -2.40. The van der Waals surface area contributed by atoms with Crippen LogP contribution in [0.2, 0.25) is 0 Å². The van der Waals surface area contributed by atoms with Gasteiger partial charge < -0.3 is 10.1 Å². The topological polar surface area (TPSA) is 63.6 Å². The highest BCUT2D eigenvalue weighted by Gasteiger charge is 2.40. The Balaban J connectivity index is 1.51. The van der Waals surface area contributed by atoms with E-state index in [9.17, 15) is 22.8 Å². The summed E-state index contributed by atoms with van der Waals surface area (Å²) < 4.78 is 49.7. The van der Waals surface area contributed by atoms with Crippen molar-refractivity contribution in [3.63, 3.8) is 0 Å². The summed E-state index contributed by atoms with van der Waals surface area (Å²) in [4.78, 5) is 26.8. The van der Waals surface area contributed by atoms with E-state index in [0.29, 0.717) is 5.56 Å². The molecule has 4 aromatic rings. The number of alkyl halides is 3. The summed E-state index contributed by atoms with van der Waals surface area (Å²) in [5, 5.41) is 4.56. The fourth-order valence-electron chi connectivity index (χ4n) is 5.09. The number of carbonyl (C=O) groups excluding carboxylic acids is 1. The minimum Gasteiger partial charge on any atom is -0.482 e. The number of benzene rings is 3. The molecule has 0 radical (unpaired) electrons. The average molecular weight is 550 g/mol. The Morgan fingerprint density at radius 1 is 0.923 bits per heavy atom. The second-order valence-electron chi connectivity index (χ2n) is 9.18. The number of rotatable bonds is 4. The number of hydrogen-bond acceptors (Lipinski definition) is 5. The van der Waals surface area contributed by atoms with Crippen LogP contribution in [0.4, 0.5) is 13.2 Å². The summed E-state index contributed by atoms with van der Waals surface area (Å²) in [6, 6.07) is 21.5. The highest BCUT2D eigenvalue weighted by molar-refractivity contribution is 7.98. The minimum atomic E-state index is -4.52. The van der Waals surface area contributed by atoms with Gasteiger partial charge in [-0.3, -0.25) is 19.3 Å². The molecule has 6 nitrogen and oxygen atoms in total. The van der Waals surface area contributed by atoms with Crippen LogP contribution in [0.3, 0.4) is 0 Å². The van der Waals surface area contributed by atoms with E-state index in [1.807, 2.05) is 54.6 Å². The highest BCUT2D eigenvalue weighted by atomic mass is 32.2. The number of ether oxygens (including phenoxy) is 1. The molecule has 0 spiro atoms. The van der Waals surface area contributed by atoms with Crippen molar-refractivity contribution in [2.24, 2.45) is 0 Å². The van der Waals surface area contributed by atoms with Gasteiger partial charge in [-0.05, 0) is 34.4 Å². The molecule has 2 aliphatic heterocycles. The van der Waals surface area contributed by atoms with Crippen molar-refractivity contribution in [1.82, 2.24) is 9.99 Å². The van der Waals surface area contributed by atoms with Gasteiger partial charge in [-0.25, -0.2) is 0 Å². The normalized spacial score (nSPS) is 16.4. The van der Waals surface area contributed by atoms with Crippen molar-refractivity contribution in [1.29, 1.82) is 0 Å². The van der Waals surface area contributed by atoms with Crippen LogP contribution in [0.25, 0.3) is 0 Å². The predicted molar refractivity (Wildman–Crippen MR) is 141 cm³/mol. The molecule has 10 heteroatoms. The SMILES string of the molecule is O=C1NCN([C@@H]2c3ccccc3SCc3c2cccc3C(F)(F)F)n2ccc(=O)c(OCc3ccccc3)c21. The Kier molecular flexibility index (Phi) is 6.34. The molecule has 1 N–H and O–H groups in total. The van der Waals surface area contributed by atoms with Crippen molar-refractivity contribution in [3.8, 4) is 5.75 Å². The molecule has 0 aliphatic carbocycles. The summed E-state index contributed by atoms with van der Waals surface area (Å²) in [6.07, 6.45) is -3.05.